The number of amides is 1. The molecule has 5 heterocycles. The Labute approximate surface area is 237 Å². The van der Waals surface area contributed by atoms with Gasteiger partial charge in [-0.25, -0.2) is 0 Å². The van der Waals surface area contributed by atoms with E-state index in [4.69, 9.17) is 23.7 Å². The van der Waals surface area contributed by atoms with Crippen molar-refractivity contribution in [3.05, 3.63) is 35.1 Å². The van der Waals surface area contributed by atoms with Gasteiger partial charge in [0.05, 0.1) is 25.4 Å². The molecular formula is C28H39NO12. The van der Waals surface area contributed by atoms with Crippen LogP contribution in [0.4, 0.5) is 0 Å². The van der Waals surface area contributed by atoms with E-state index >= 15 is 0 Å². The molecule has 0 radical (unpaired) electrons. The molecule has 41 heavy (non-hydrogen) atoms. The molecule has 1 amide bonds. The van der Waals surface area contributed by atoms with Crippen LogP contribution in [0.25, 0.3) is 0 Å². The summed E-state index contributed by atoms with van der Waals surface area (Å²) in [6.45, 7) is 8.67. The maximum Gasteiger partial charge on any atom is 0.259 e. The number of Topliss-reactive ketones (excluding diaryl/α,β-unsaturated/α-hetero) is 1. The lowest BCUT2D eigenvalue weighted by Crippen LogP contribution is -2.69. The number of fused-ring (bicyclic) bond motifs is 4. The maximum atomic E-state index is 11.9. The van der Waals surface area contributed by atoms with Crippen molar-refractivity contribution in [1.82, 2.24) is 5.32 Å². The third-order valence-electron chi connectivity index (χ3n) is 9.00. The predicted octanol–water partition coefficient (Wildman–Crippen LogP) is -0.871. The molecule has 2 bridgehead atoms. The number of ketones is 1. The van der Waals surface area contributed by atoms with Crippen LogP contribution in [0.15, 0.2) is 35.1 Å². The van der Waals surface area contributed by atoms with Crippen LogP contribution in [0.5, 0.6) is 0 Å². The van der Waals surface area contributed by atoms with E-state index in [0.29, 0.717) is 0 Å². The maximum absolute atomic E-state index is 11.9. The first-order chi connectivity index (χ1) is 19.2. The molecule has 5 saturated heterocycles. The number of hydrogen-bond donors (Lipinski definition) is 6. The zero-order valence-electron chi connectivity index (χ0n) is 23.6. The van der Waals surface area contributed by atoms with Gasteiger partial charge in [-0.3, -0.25) is 9.59 Å². The van der Waals surface area contributed by atoms with Gasteiger partial charge in [-0.15, -0.1) is 0 Å². The number of carbonyl (C=O) groups is 2. The van der Waals surface area contributed by atoms with Gasteiger partial charge >= 0.3 is 0 Å². The van der Waals surface area contributed by atoms with Gasteiger partial charge in [0.1, 0.15) is 53.6 Å². The van der Waals surface area contributed by atoms with Gasteiger partial charge < -0.3 is 54.5 Å². The molecule has 5 aliphatic heterocycles. The average Bonchev–Trinajstić information content (AvgIpc) is 3.53. The van der Waals surface area contributed by atoms with Crippen molar-refractivity contribution in [1.29, 1.82) is 0 Å². The molecule has 5 fully saturated rings. The Kier molecular flexibility index (Phi) is 7.98. The number of hydrogen-bond acceptors (Lipinski definition) is 12. The standard InChI is InChI=1S/C28H39NO12/c1-11(6-7-14(31)17-15(32)9-29-25(17)36)8-12(2)21-13(3)22-23(24-27(4,41-24)28(5,39-21)40-22)38-26-20(35)19(34)18(33)16(10-30)37-26/h6-8,12-13,16,18-24,26,30-31,33-35H,9-10H2,1-5H3,(H,29,36)/b7-6+,11-8+,17-14+/t12-,13-,16-,18-,19+,20-,21-,22+,23-,24+,26-,27+,28+/m1/s1. The summed E-state index contributed by atoms with van der Waals surface area (Å²) in [5.74, 6) is -3.00. The average molecular weight is 582 g/mol. The summed E-state index contributed by atoms with van der Waals surface area (Å²) < 4.78 is 30.8. The van der Waals surface area contributed by atoms with Crippen molar-refractivity contribution < 1.29 is 58.8 Å². The van der Waals surface area contributed by atoms with Crippen LogP contribution in [0.3, 0.4) is 0 Å². The number of carbonyl (C=O) groups excluding carboxylic acids is 2. The number of ether oxygens (including phenoxy) is 5. The van der Waals surface area contributed by atoms with Crippen molar-refractivity contribution in [3.8, 4) is 0 Å². The molecule has 0 spiro atoms. The Balaban J connectivity index is 1.34. The molecule has 13 atom stereocenters. The third kappa shape index (κ3) is 5.07. The molecule has 13 heteroatoms. The molecule has 5 rings (SSSR count). The van der Waals surface area contributed by atoms with E-state index in [1.165, 1.54) is 6.08 Å². The fraction of sp³-hybridized carbons (Fsp3) is 0.714. The smallest absolute Gasteiger partial charge is 0.259 e. The quantitative estimate of drug-likeness (QED) is 0.0716. The van der Waals surface area contributed by atoms with E-state index in [-0.39, 0.29) is 30.1 Å². The molecule has 0 unspecified atom stereocenters. The summed E-state index contributed by atoms with van der Waals surface area (Å²) in [7, 11) is 0. The van der Waals surface area contributed by atoms with Crippen molar-refractivity contribution >= 4 is 11.7 Å². The van der Waals surface area contributed by atoms with Crippen LogP contribution < -0.4 is 5.32 Å². The second-order valence-electron chi connectivity index (χ2n) is 11.9. The minimum absolute atomic E-state index is 0.137. The van der Waals surface area contributed by atoms with Crippen molar-refractivity contribution in [2.75, 3.05) is 13.2 Å². The first-order valence-electron chi connectivity index (χ1n) is 13.8. The van der Waals surface area contributed by atoms with Gasteiger partial charge in [0.15, 0.2) is 17.9 Å². The third-order valence-corrected chi connectivity index (χ3v) is 9.00. The summed E-state index contributed by atoms with van der Waals surface area (Å²) in [5.41, 5.74) is -0.373. The van der Waals surface area contributed by atoms with E-state index < -0.39 is 84.5 Å². The van der Waals surface area contributed by atoms with Crippen molar-refractivity contribution in [2.45, 2.75) is 101 Å². The molecule has 6 N–H and O–H groups in total. The summed E-state index contributed by atoms with van der Waals surface area (Å²) in [4.78, 5) is 23.7. The predicted molar refractivity (Wildman–Crippen MR) is 139 cm³/mol. The van der Waals surface area contributed by atoms with Crippen LogP contribution in [0.2, 0.25) is 0 Å². The van der Waals surface area contributed by atoms with Crippen LogP contribution in [0, 0.1) is 11.8 Å². The minimum Gasteiger partial charge on any atom is -0.507 e. The molecular weight excluding hydrogens is 542 g/mol. The highest BCUT2D eigenvalue weighted by atomic mass is 16.8. The highest BCUT2D eigenvalue weighted by molar-refractivity contribution is 6.25. The molecule has 0 aliphatic carbocycles. The van der Waals surface area contributed by atoms with Crippen molar-refractivity contribution in [2.24, 2.45) is 11.8 Å². The minimum atomic E-state index is -1.58. The number of aliphatic hydroxyl groups is 5. The summed E-state index contributed by atoms with van der Waals surface area (Å²) in [5, 5.41) is 53.1. The zero-order chi connectivity index (χ0) is 30.0. The second kappa shape index (κ2) is 10.8. The van der Waals surface area contributed by atoms with Gasteiger partial charge in [0.25, 0.3) is 5.91 Å². The van der Waals surface area contributed by atoms with E-state index in [2.05, 4.69) is 5.32 Å². The Hall–Kier alpha value is -2.20. The lowest BCUT2D eigenvalue weighted by Gasteiger charge is -2.54. The Morgan fingerprint density at radius 2 is 1.83 bits per heavy atom. The second-order valence-corrected chi connectivity index (χ2v) is 11.9. The van der Waals surface area contributed by atoms with Gasteiger partial charge in [0.2, 0.25) is 0 Å². The van der Waals surface area contributed by atoms with Crippen LogP contribution in [0.1, 0.15) is 34.6 Å². The number of allylic oxidation sites excluding steroid dienone is 3. The van der Waals surface area contributed by atoms with Crippen LogP contribution in [-0.2, 0) is 33.3 Å². The number of epoxide rings is 1. The number of rotatable bonds is 7. The fourth-order valence-corrected chi connectivity index (χ4v) is 6.35. The lowest BCUT2D eigenvalue weighted by molar-refractivity contribution is -0.391. The Morgan fingerprint density at radius 3 is 2.46 bits per heavy atom. The number of aliphatic hydroxyl groups excluding tert-OH is 5. The van der Waals surface area contributed by atoms with E-state index in [1.807, 2.05) is 33.8 Å². The monoisotopic (exact) mass is 581 g/mol. The first kappa shape index (κ1) is 30.3. The lowest BCUT2D eigenvalue weighted by atomic mass is 9.77. The zero-order valence-corrected chi connectivity index (χ0v) is 23.6. The van der Waals surface area contributed by atoms with Crippen LogP contribution in [-0.4, -0.2) is 117 Å². The Bertz CT molecular complexity index is 1150. The topological polar surface area (TPSA) is 197 Å². The normalized spacial score (nSPS) is 48.2. The molecule has 0 aromatic carbocycles. The molecule has 228 valence electrons. The summed E-state index contributed by atoms with van der Waals surface area (Å²) in [6.07, 6.45) is -4.34. The molecule has 5 aliphatic rings. The SMILES string of the molecule is CC(/C=C/C(O)=C1/C(=O)CNC1=O)=C\[C@@H](C)[C@H]1O[C@@]2(C)O[C@@H]([C@@H]1C)[C@@H](O[C@H]1O[C@H](CO)[C@@H](O)[C@H](O)[C@H]1O)[C@@H]1O[C@@]12C. The highest BCUT2D eigenvalue weighted by Gasteiger charge is 2.77. The summed E-state index contributed by atoms with van der Waals surface area (Å²) >= 11 is 0. The van der Waals surface area contributed by atoms with Crippen molar-refractivity contribution in [3.63, 3.8) is 0 Å². The van der Waals surface area contributed by atoms with Gasteiger partial charge in [0, 0.05) is 11.8 Å². The van der Waals surface area contributed by atoms with Gasteiger partial charge in [-0.1, -0.05) is 31.6 Å². The van der Waals surface area contributed by atoms with E-state index in [0.717, 1.165) is 5.57 Å². The molecule has 0 aromatic rings. The van der Waals surface area contributed by atoms with E-state index in [1.54, 1.807) is 13.0 Å². The first-order valence-corrected chi connectivity index (χ1v) is 13.8. The summed E-state index contributed by atoms with van der Waals surface area (Å²) in [6, 6.07) is 0. The molecule has 0 saturated carbocycles. The fourth-order valence-electron chi connectivity index (χ4n) is 6.35. The van der Waals surface area contributed by atoms with E-state index in [9.17, 15) is 35.1 Å². The molecule has 13 nitrogen and oxygen atoms in total. The van der Waals surface area contributed by atoms with Gasteiger partial charge in [-0.2, -0.15) is 0 Å². The largest absolute Gasteiger partial charge is 0.507 e. The highest BCUT2D eigenvalue weighted by Crippen LogP contribution is 2.59. The van der Waals surface area contributed by atoms with Gasteiger partial charge in [-0.05, 0) is 26.8 Å². The molecule has 0 aromatic heterocycles. The number of nitrogens with one attached hydrogen (secondary N) is 1. The Morgan fingerprint density at radius 1 is 1.12 bits per heavy atom. The van der Waals surface area contributed by atoms with Crippen LogP contribution >= 0.6 is 0 Å².